The van der Waals surface area contributed by atoms with E-state index in [0.717, 1.165) is 15.7 Å². The average molecular weight is 461 g/mol. The Kier molecular flexibility index (Phi) is 5.77. The molecule has 0 fully saturated rings. The minimum atomic E-state index is -0.405. The van der Waals surface area contributed by atoms with Gasteiger partial charge in [-0.1, -0.05) is 59.2 Å². The molecule has 0 N–H and O–H groups in total. The number of fused-ring (bicyclic) bond motifs is 1. The number of aromatic nitrogens is 4. The van der Waals surface area contributed by atoms with Crippen molar-refractivity contribution in [2.75, 3.05) is 0 Å². The van der Waals surface area contributed by atoms with Crippen molar-refractivity contribution in [3.05, 3.63) is 90.5 Å². The minimum absolute atomic E-state index is 0.368. The van der Waals surface area contributed by atoms with Crippen LogP contribution >= 0.6 is 35.0 Å². The summed E-state index contributed by atoms with van der Waals surface area (Å²) in [5.41, 5.74) is 2.05. The summed E-state index contributed by atoms with van der Waals surface area (Å²) in [6.07, 6.45) is 0. The zero-order valence-electron chi connectivity index (χ0n) is 16.3. The lowest BCUT2D eigenvalue weighted by molar-refractivity contribution is 0.696. The number of imidazole rings is 1. The number of hydrogen-bond acceptors (Lipinski definition) is 4. The van der Waals surface area contributed by atoms with Gasteiger partial charge in [0, 0.05) is 29.9 Å². The van der Waals surface area contributed by atoms with E-state index in [1.54, 1.807) is 7.05 Å². The molecule has 154 valence electrons. The van der Waals surface area contributed by atoms with Crippen molar-refractivity contribution in [3.8, 4) is 0 Å². The van der Waals surface area contributed by atoms with E-state index in [9.17, 15) is 9.59 Å². The summed E-state index contributed by atoms with van der Waals surface area (Å²) >= 11 is 13.5. The number of benzene rings is 2. The molecule has 0 aliphatic rings. The first kappa shape index (κ1) is 20.8. The van der Waals surface area contributed by atoms with E-state index in [0.29, 0.717) is 38.7 Å². The molecular weight excluding hydrogens is 443 g/mol. The first-order valence-electron chi connectivity index (χ1n) is 9.13. The Bertz CT molecular complexity index is 1340. The van der Waals surface area contributed by atoms with Crippen LogP contribution in [0.3, 0.4) is 0 Å². The van der Waals surface area contributed by atoms with Gasteiger partial charge in [-0.05, 0) is 35.4 Å². The van der Waals surface area contributed by atoms with Gasteiger partial charge in [0.2, 0.25) is 0 Å². The maximum atomic E-state index is 12.9. The highest BCUT2D eigenvalue weighted by molar-refractivity contribution is 7.98. The molecule has 0 aliphatic carbocycles. The molecule has 0 aliphatic heterocycles. The number of halogens is 2. The first-order chi connectivity index (χ1) is 14.3. The van der Waals surface area contributed by atoms with Crippen LogP contribution in [0, 0.1) is 0 Å². The fourth-order valence-corrected chi connectivity index (χ4v) is 4.39. The van der Waals surface area contributed by atoms with Crippen LogP contribution in [0.1, 0.15) is 11.1 Å². The molecule has 0 atom stereocenters. The highest BCUT2D eigenvalue weighted by Gasteiger charge is 2.19. The highest BCUT2D eigenvalue weighted by atomic mass is 35.5. The van der Waals surface area contributed by atoms with E-state index in [-0.39, 0.29) is 5.56 Å². The SMILES string of the molecule is Cn1c(=O)c2c(nc(SCc3ccc(Cl)cc3)n2Cc2ccc(Cl)cc2)n(C)c1=O. The normalized spacial score (nSPS) is 11.3. The van der Waals surface area contributed by atoms with Crippen LogP contribution in [0.15, 0.2) is 63.3 Å². The van der Waals surface area contributed by atoms with Gasteiger partial charge in [-0.15, -0.1) is 0 Å². The average Bonchev–Trinajstić information content (AvgIpc) is 3.10. The molecule has 0 unspecified atom stereocenters. The molecule has 0 spiro atoms. The molecule has 9 heteroatoms. The summed E-state index contributed by atoms with van der Waals surface area (Å²) in [7, 11) is 3.10. The van der Waals surface area contributed by atoms with E-state index in [1.165, 1.54) is 23.4 Å². The molecule has 2 aromatic carbocycles. The van der Waals surface area contributed by atoms with Gasteiger partial charge in [0.05, 0.1) is 6.54 Å². The second kappa shape index (κ2) is 8.34. The second-order valence-corrected chi connectivity index (χ2v) is 8.72. The summed E-state index contributed by atoms with van der Waals surface area (Å²) in [6, 6.07) is 15.0. The summed E-state index contributed by atoms with van der Waals surface area (Å²) in [6.45, 7) is 0.435. The Hall–Kier alpha value is -2.48. The van der Waals surface area contributed by atoms with Crippen molar-refractivity contribution in [1.29, 1.82) is 0 Å². The quantitative estimate of drug-likeness (QED) is 0.421. The third-order valence-electron chi connectivity index (χ3n) is 4.85. The van der Waals surface area contributed by atoms with Crippen LogP contribution in [-0.4, -0.2) is 18.7 Å². The van der Waals surface area contributed by atoms with Crippen LogP contribution < -0.4 is 11.2 Å². The summed E-state index contributed by atoms with van der Waals surface area (Å²) in [5, 5.41) is 1.98. The van der Waals surface area contributed by atoms with Crippen molar-refractivity contribution in [2.24, 2.45) is 14.1 Å². The molecule has 0 saturated heterocycles. The predicted molar refractivity (Wildman–Crippen MR) is 122 cm³/mol. The van der Waals surface area contributed by atoms with Gasteiger partial charge in [0.25, 0.3) is 5.56 Å². The molecule has 2 aromatic heterocycles. The molecule has 4 aromatic rings. The van der Waals surface area contributed by atoms with Crippen molar-refractivity contribution in [1.82, 2.24) is 18.7 Å². The monoisotopic (exact) mass is 460 g/mol. The summed E-state index contributed by atoms with van der Waals surface area (Å²) in [5.74, 6) is 0.648. The molecule has 0 bridgehead atoms. The van der Waals surface area contributed by atoms with Gasteiger partial charge < -0.3 is 4.57 Å². The van der Waals surface area contributed by atoms with Gasteiger partial charge in [-0.3, -0.25) is 13.9 Å². The van der Waals surface area contributed by atoms with E-state index >= 15 is 0 Å². The molecule has 6 nitrogen and oxygen atoms in total. The van der Waals surface area contributed by atoms with Crippen molar-refractivity contribution in [2.45, 2.75) is 17.5 Å². The van der Waals surface area contributed by atoms with E-state index in [2.05, 4.69) is 4.98 Å². The first-order valence-corrected chi connectivity index (χ1v) is 10.9. The largest absolute Gasteiger partial charge is 0.332 e. The zero-order valence-corrected chi connectivity index (χ0v) is 18.6. The lowest BCUT2D eigenvalue weighted by atomic mass is 10.2. The zero-order chi connectivity index (χ0) is 21.4. The van der Waals surface area contributed by atoms with Crippen LogP contribution in [0.4, 0.5) is 0 Å². The molecule has 4 rings (SSSR count). The maximum Gasteiger partial charge on any atom is 0.332 e. The van der Waals surface area contributed by atoms with Crippen LogP contribution in [-0.2, 0) is 26.4 Å². The number of thioether (sulfide) groups is 1. The Labute approximate surface area is 186 Å². The third kappa shape index (κ3) is 3.93. The highest BCUT2D eigenvalue weighted by Crippen LogP contribution is 2.27. The summed E-state index contributed by atoms with van der Waals surface area (Å²) < 4.78 is 4.37. The number of nitrogens with zero attached hydrogens (tertiary/aromatic N) is 4. The molecule has 30 heavy (non-hydrogen) atoms. The van der Waals surface area contributed by atoms with Gasteiger partial charge in [0.1, 0.15) is 0 Å². The fourth-order valence-electron chi connectivity index (χ4n) is 3.18. The Morgan fingerprint density at radius 1 is 0.867 bits per heavy atom. The van der Waals surface area contributed by atoms with Gasteiger partial charge in [-0.2, -0.15) is 0 Å². The van der Waals surface area contributed by atoms with Crippen molar-refractivity contribution < 1.29 is 0 Å². The molecule has 0 saturated carbocycles. The predicted octanol–water partition coefficient (Wildman–Crippen LogP) is 4.08. The van der Waals surface area contributed by atoms with E-state index in [4.69, 9.17) is 23.2 Å². The minimum Gasteiger partial charge on any atom is -0.309 e. The van der Waals surface area contributed by atoms with Crippen LogP contribution in [0.25, 0.3) is 11.2 Å². The van der Waals surface area contributed by atoms with Crippen LogP contribution in [0.2, 0.25) is 10.0 Å². The summed E-state index contributed by atoms with van der Waals surface area (Å²) in [4.78, 5) is 30.0. The maximum absolute atomic E-state index is 12.9. The standard InChI is InChI=1S/C21H18Cl2N4O2S/c1-25-18-17(19(28)26(2)21(25)29)27(11-13-3-7-15(22)8-4-13)20(24-18)30-12-14-5-9-16(23)10-6-14/h3-10H,11-12H2,1-2H3. The number of rotatable bonds is 5. The second-order valence-electron chi connectivity index (χ2n) is 6.90. The van der Waals surface area contributed by atoms with Gasteiger partial charge >= 0.3 is 5.69 Å². The third-order valence-corrected chi connectivity index (χ3v) is 6.40. The Balaban J connectivity index is 1.82. The molecule has 2 heterocycles. The van der Waals surface area contributed by atoms with Gasteiger partial charge in [-0.25, -0.2) is 9.78 Å². The van der Waals surface area contributed by atoms with E-state index in [1.807, 2.05) is 53.1 Å². The fraction of sp³-hybridized carbons (Fsp3) is 0.190. The molecular formula is C21H18Cl2N4O2S. The van der Waals surface area contributed by atoms with Crippen molar-refractivity contribution in [3.63, 3.8) is 0 Å². The van der Waals surface area contributed by atoms with Gasteiger partial charge in [0.15, 0.2) is 16.3 Å². The van der Waals surface area contributed by atoms with Crippen LogP contribution in [0.5, 0.6) is 0 Å². The lowest BCUT2D eigenvalue weighted by Crippen LogP contribution is -2.37. The Morgan fingerprint density at radius 2 is 1.43 bits per heavy atom. The molecule has 0 radical (unpaired) electrons. The lowest BCUT2D eigenvalue weighted by Gasteiger charge is -2.10. The number of aryl methyl sites for hydroxylation is 1. The molecule has 0 amide bonds. The Morgan fingerprint density at radius 3 is 2.03 bits per heavy atom. The number of hydrogen-bond donors (Lipinski definition) is 0. The smallest absolute Gasteiger partial charge is 0.309 e. The van der Waals surface area contributed by atoms with E-state index < -0.39 is 5.69 Å². The topological polar surface area (TPSA) is 61.8 Å². The van der Waals surface area contributed by atoms with Crippen molar-refractivity contribution >= 4 is 46.1 Å².